The maximum Gasteiger partial charge on any atom is 0.189 e. The molecular weight excluding hydrogens is 254 g/mol. The second kappa shape index (κ2) is 5.61. The average molecular weight is 271 g/mol. The Morgan fingerprint density at radius 2 is 2.05 bits per heavy atom. The number of benzene rings is 1. The van der Waals surface area contributed by atoms with Crippen molar-refractivity contribution in [3.8, 4) is 0 Å². The smallest absolute Gasteiger partial charge is 0.189 e. The quantitative estimate of drug-likeness (QED) is 0.630. The van der Waals surface area contributed by atoms with E-state index in [1.807, 2.05) is 18.5 Å². The summed E-state index contributed by atoms with van der Waals surface area (Å²) in [6.45, 7) is 1.07. The standard InChI is InChI=1S/C15H17N3S/c1-19-15-16-10-9-14(17-15)18-11-5-8-13(18)12-6-3-2-4-7-12/h2-4,6-7,9-10,13H,5,8,11H2,1H3. The van der Waals surface area contributed by atoms with Crippen LogP contribution in [0.15, 0.2) is 47.8 Å². The summed E-state index contributed by atoms with van der Waals surface area (Å²) in [5.74, 6) is 1.05. The number of nitrogens with zero attached hydrogens (tertiary/aromatic N) is 3. The zero-order chi connectivity index (χ0) is 13.1. The van der Waals surface area contributed by atoms with Gasteiger partial charge in [-0.25, -0.2) is 9.97 Å². The van der Waals surface area contributed by atoms with Crippen LogP contribution in [-0.4, -0.2) is 22.8 Å². The summed E-state index contributed by atoms with van der Waals surface area (Å²) in [5, 5.41) is 0.844. The van der Waals surface area contributed by atoms with Gasteiger partial charge in [-0.2, -0.15) is 0 Å². The van der Waals surface area contributed by atoms with Gasteiger partial charge >= 0.3 is 0 Å². The topological polar surface area (TPSA) is 29.0 Å². The van der Waals surface area contributed by atoms with Crippen LogP contribution in [0.3, 0.4) is 0 Å². The van der Waals surface area contributed by atoms with Crippen LogP contribution >= 0.6 is 11.8 Å². The molecule has 19 heavy (non-hydrogen) atoms. The van der Waals surface area contributed by atoms with E-state index in [-0.39, 0.29) is 0 Å². The number of aromatic nitrogens is 2. The van der Waals surface area contributed by atoms with Gasteiger partial charge in [-0.3, -0.25) is 0 Å². The SMILES string of the molecule is CSc1nccc(N2CCCC2c2ccccc2)n1. The fourth-order valence-corrected chi connectivity index (χ4v) is 3.00. The first kappa shape index (κ1) is 12.5. The molecule has 1 aromatic carbocycles. The summed E-state index contributed by atoms with van der Waals surface area (Å²) in [6.07, 6.45) is 6.28. The number of rotatable bonds is 3. The van der Waals surface area contributed by atoms with Crippen molar-refractivity contribution in [2.75, 3.05) is 17.7 Å². The van der Waals surface area contributed by atoms with Gasteiger partial charge in [0, 0.05) is 12.7 Å². The highest BCUT2D eigenvalue weighted by atomic mass is 32.2. The van der Waals surface area contributed by atoms with E-state index >= 15 is 0 Å². The van der Waals surface area contributed by atoms with E-state index in [0.29, 0.717) is 6.04 Å². The molecule has 0 bridgehead atoms. The van der Waals surface area contributed by atoms with Crippen LogP contribution in [0, 0.1) is 0 Å². The molecule has 1 atom stereocenters. The predicted octanol–water partition coefficient (Wildman–Crippen LogP) is 3.54. The molecule has 2 heterocycles. The van der Waals surface area contributed by atoms with E-state index in [1.54, 1.807) is 11.8 Å². The molecule has 2 aromatic rings. The third kappa shape index (κ3) is 2.59. The van der Waals surface area contributed by atoms with Crippen molar-refractivity contribution in [3.63, 3.8) is 0 Å². The first-order valence-corrected chi connectivity index (χ1v) is 7.79. The average Bonchev–Trinajstić information content (AvgIpc) is 2.98. The maximum absolute atomic E-state index is 4.63. The highest BCUT2D eigenvalue weighted by Crippen LogP contribution is 2.35. The monoisotopic (exact) mass is 271 g/mol. The van der Waals surface area contributed by atoms with Crippen LogP contribution in [0.5, 0.6) is 0 Å². The molecule has 0 radical (unpaired) electrons. The van der Waals surface area contributed by atoms with Crippen LogP contribution in [-0.2, 0) is 0 Å². The zero-order valence-electron chi connectivity index (χ0n) is 11.0. The summed E-state index contributed by atoms with van der Waals surface area (Å²) in [4.78, 5) is 11.3. The largest absolute Gasteiger partial charge is 0.349 e. The van der Waals surface area contributed by atoms with Gasteiger partial charge in [0.1, 0.15) is 5.82 Å². The van der Waals surface area contributed by atoms with Crippen LogP contribution in [0.2, 0.25) is 0 Å². The van der Waals surface area contributed by atoms with E-state index in [4.69, 9.17) is 0 Å². The lowest BCUT2D eigenvalue weighted by Crippen LogP contribution is -2.23. The minimum Gasteiger partial charge on any atom is -0.349 e. The fourth-order valence-electron chi connectivity index (χ4n) is 2.65. The van der Waals surface area contributed by atoms with Crippen molar-refractivity contribution in [2.45, 2.75) is 24.0 Å². The number of hydrogen-bond donors (Lipinski definition) is 0. The molecule has 1 aliphatic heterocycles. The summed E-state index contributed by atoms with van der Waals surface area (Å²) in [7, 11) is 0. The van der Waals surface area contributed by atoms with Crippen molar-refractivity contribution in [2.24, 2.45) is 0 Å². The number of thioether (sulfide) groups is 1. The molecule has 1 aromatic heterocycles. The summed E-state index contributed by atoms with van der Waals surface area (Å²) >= 11 is 1.59. The van der Waals surface area contributed by atoms with E-state index < -0.39 is 0 Å². The van der Waals surface area contributed by atoms with E-state index in [9.17, 15) is 0 Å². The predicted molar refractivity (Wildman–Crippen MR) is 79.6 cm³/mol. The molecule has 0 amide bonds. The van der Waals surface area contributed by atoms with Crippen molar-refractivity contribution >= 4 is 17.6 Å². The van der Waals surface area contributed by atoms with E-state index in [2.05, 4.69) is 45.2 Å². The molecule has 98 valence electrons. The zero-order valence-corrected chi connectivity index (χ0v) is 11.8. The lowest BCUT2D eigenvalue weighted by molar-refractivity contribution is 0.705. The molecule has 0 aliphatic carbocycles. The molecule has 1 saturated heterocycles. The first-order chi connectivity index (χ1) is 9.38. The molecule has 4 heteroatoms. The lowest BCUT2D eigenvalue weighted by Gasteiger charge is -2.26. The molecule has 1 fully saturated rings. The van der Waals surface area contributed by atoms with Gasteiger partial charge in [0.05, 0.1) is 6.04 Å². The minimum absolute atomic E-state index is 0.450. The minimum atomic E-state index is 0.450. The van der Waals surface area contributed by atoms with Crippen molar-refractivity contribution in [1.82, 2.24) is 9.97 Å². The molecular formula is C15H17N3S. The van der Waals surface area contributed by atoms with Crippen LogP contribution in [0.25, 0.3) is 0 Å². The second-order valence-electron chi connectivity index (χ2n) is 4.66. The van der Waals surface area contributed by atoms with Gasteiger partial charge in [0.25, 0.3) is 0 Å². The summed E-state index contributed by atoms with van der Waals surface area (Å²) in [5.41, 5.74) is 1.38. The first-order valence-electron chi connectivity index (χ1n) is 6.57. The van der Waals surface area contributed by atoms with Crippen LogP contribution < -0.4 is 4.90 Å². The Bertz CT molecular complexity index is 544. The molecule has 1 unspecified atom stereocenters. The summed E-state index contributed by atoms with van der Waals surface area (Å²) < 4.78 is 0. The van der Waals surface area contributed by atoms with Crippen LogP contribution in [0.1, 0.15) is 24.4 Å². The van der Waals surface area contributed by atoms with E-state index in [1.165, 1.54) is 18.4 Å². The third-order valence-corrected chi connectivity index (χ3v) is 4.09. The Balaban J connectivity index is 1.90. The molecule has 0 saturated carbocycles. The Kier molecular flexibility index (Phi) is 3.69. The van der Waals surface area contributed by atoms with Crippen molar-refractivity contribution in [3.05, 3.63) is 48.2 Å². The van der Waals surface area contributed by atoms with Gasteiger partial charge < -0.3 is 4.90 Å². The number of anilines is 1. The Labute approximate surface area is 118 Å². The normalized spacial score (nSPS) is 18.8. The molecule has 0 spiro atoms. The second-order valence-corrected chi connectivity index (χ2v) is 5.44. The third-order valence-electron chi connectivity index (χ3n) is 3.53. The number of hydrogen-bond acceptors (Lipinski definition) is 4. The van der Waals surface area contributed by atoms with Crippen molar-refractivity contribution in [1.29, 1.82) is 0 Å². The van der Waals surface area contributed by atoms with Gasteiger partial charge in [-0.1, -0.05) is 42.1 Å². The highest BCUT2D eigenvalue weighted by Gasteiger charge is 2.27. The highest BCUT2D eigenvalue weighted by molar-refractivity contribution is 7.98. The molecule has 3 nitrogen and oxygen atoms in total. The van der Waals surface area contributed by atoms with Gasteiger partial charge in [0.2, 0.25) is 0 Å². The van der Waals surface area contributed by atoms with Gasteiger partial charge in [-0.15, -0.1) is 0 Å². The maximum atomic E-state index is 4.63. The molecule has 0 N–H and O–H groups in total. The molecule has 3 rings (SSSR count). The molecule has 1 aliphatic rings. The van der Waals surface area contributed by atoms with Gasteiger partial charge in [-0.05, 0) is 30.7 Å². The van der Waals surface area contributed by atoms with Crippen LogP contribution in [0.4, 0.5) is 5.82 Å². The Morgan fingerprint density at radius 3 is 2.84 bits per heavy atom. The lowest BCUT2D eigenvalue weighted by atomic mass is 10.0. The Hall–Kier alpha value is -1.55. The van der Waals surface area contributed by atoms with Crippen molar-refractivity contribution < 1.29 is 0 Å². The van der Waals surface area contributed by atoms with Gasteiger partial charge in [0.15, 0.2) is 5.16 Å². The van der Waals surface area contributed by atoms with E-state index in [0.717, 1.165) is 17.5 Å². The fraction of sp³-hybridized carbons (Fsp3) is 0.333. The summed E-state index contributed by atoms with van der Waals surface area (Å²) in [6, 6.07) is 13.2. The Morgan fingerprint density at radius 1 is 1.21 bits per heavy atom.